The maximum absolute atomic E-state index is 13.3. The summed E-state index contributed by atoms with van der Waals surface area (Å²) < 4.78 is 19.2. The fourth-order valence-corrected chi connectivity index (χ4v) is 9.55. The quantitative estimate of drug-likeness (QED) is 0.121. The molecule has 1 spiro atoms. The number of ether oxygens (including phenoxy) is 3. The average Bonchev–Trinajstić information content (AvgIpc) is 3.31. The molecule has 3 saturated heterocycles. The van der Waals surface area contributed by atoms with Crippen molar-refractivity contribution in [3.8, 4) is 11.5 Å². The molecule has 5 aliphatic rings. The third-order valence-corrected chi connectivity index (χ3v) is 12.2. The summed E-state index contributed by atoms with van der Waals surface area (Å²) in [5.74, 6) is -3.08. The number of benzene rings is 1. The van der Waals surface area contributed by atoms with Crippen LogP contribution in [0.5, 0.6) is 11.5 Å². The number of hydrogen-bond acceptors (Lipinski definition) is 9. The van der Waals surface area contributed by atoms with Crippen molar-refractivity contribution in [2.45, 2.75) is 103 Å². The standard InChI is InChI=1S/C37H51NO9/c1-17-9-10-37(47-34(17)23-13-24(39)15-25(40)14-23)20(4)11-19(3)28(46-37)16-26-18(2)12-22-7-8-27(41)21(5)29(22)30(26)32(42)31-33(43)36(45-6)38-35(31)44/h12-15,17,19-22,26-30,34,36,39-42H,7-11,16H2,1-6H3,(H,38,44)/b32-31-/t17-,19-,20-,21-,22-,26+,27+,28+,29-,30-,34-,36?,37+/m0/s1. The predicted octanol–water partition coefficient (Wildman–Crippen LogP) is 5.43. The highest BCUT2D eigenvalue weighted by Crippen LogP contribution is 2.55. The second-order valence-corrected chi connectivity index (χ2v) is 15.2. The molecule has 6 rings (SSSR count). The predicted molar refractivity (Wildman–Crippen MR) is 173 cm³/mol. The van der Waals surface area contributed by atoms with E-state index in [4.69, 9.17) is 14.2 Å². The minimum Gasteiger partial charge on any atom is -0.511 e. The van der Waals surface area contributed by atoms with Crippen LogP contribution in [0.3, 0.4) is 0 Å². The van der Waals surface area contributed by atoms with Crippen LogP contribution in [0, 0.1) is 47.3 Å². The summed E-state index contributed by atoms with van der Waals surface area (Å²) in [6.07, 6.45) is 4.26. The summed E-state index contributed by atoms with van der Waals surface area (Å²) in [4.78, 5) is 26.3. The van der Waals surface area contributed by atoms with Crippen LogP contribution in [-0.2, 0) is 23.8 Å². The molecule has 13 atom stereocenters. The van der Waals surface area contributed by atoms with Gasteiger partial charge in [0.15, 0.2) is 12.0 Å². The van der Waals surface area contributed by atoms with Crippen LogP contribution < -0.4 is 5.32 Å². The number of aromatic hydroxyl groups is 2. The van der Waals surface area contributed by atoms with Gasteiger partial charge in [-0.3, -0.25) is 9.59 Å². The Morgan fingerprint density at radius 3 is 2.38 bits per heavy atom. The normalized spacial score (nSPS) is 43.3. The molecule has 1 aromatic rings. The summed E-state index contributed by atoms with van der Waals surface area (Å²) in [5.41, 5.74) is 1.53. The summed E-state index contributed by atoms with van der Waals surface area (Å²) in [6, 6.07) is 4.57. The molecule has 47 heavy (non-hydrogen) atoms. The van der Waals surface area contributed by atoms with Gasteiger partial charge in [-0.2, -0.15) is 0 Å². The van der Waals surface area contributed by atoms with Crippen molar-refractivity contribution in [2.24, 2.45) is 47.3 Å². The first-order valence-corrected chi connectivity index (χ1v) is 17.3. The van der Waals surface area contributed by atoms with E-state index in [9.17, 15) is 30.0 Å². The van der Waals surface area contributed by atoms with Gasteiger partial charge in [0.2, 0.25) is 5.78 Å². The van der Waals surface area contributed by atoms with E-state index in [1.165, 1.54) is 13.2 Å². The third kappa shape index (κ3) is 6.00. The molecule has 1 saturated carbocycles. The Morgan fingerprint density at radius 2 is 1.72 bits per heavy atom. The number of fused-ring (bicyclic) bond motifs is 1. The summed E-state index contributed by atoms with van der Waals surface area (Å²) in [5, 5.41) is 46.0. The van der Waals surface area contributed by atoms with Gasteiger partial charge in [-0.05, 0) is 92.2 Å². The van der Waals surface area contributed by atoms with Gasteiger partial charge in [-0.15, -0.1) is 0 Å². The van der Waals surface area contributed by atoms with Gasteiger partial charge in [-0.1, -0.05) is 39.3 Å². The Balaban J connectivity index is 1.35. The molecule has 1 unspecified atom stereocenters. The molecule has 2 aliphatic carbocycles. The molecule has 3 aliphatic heterocycles. The number of carbonyl (C=O) groups excluding carboxylic acids is 2. The smallest absolute Gasteiger partial charge is 0.260 e. The SMILES string of the molecule is COC1NC(=O)/C(=C(\O)[C@@H]2[C@H]3[C@@H](C)[C@H](O)CC[C@H]3C=C(C)[C@H]2C[C@H]2O[C@@]3(CC[C@H](C)[C@@H](c4cc(O)cc(O)c4)O3)[C@@H](C)C[C@@H]2C)C1=O. The van der Waals surface area contributed by atoms with Crippen LogP contribution >= 0.6 is 0 Å². The topological polar surface area (TPSA) is 155 Å². The van der Waals surface area contributed by atoms with Crippen molar-refractivity contribution in [2.75, 3.05) is 7.11 Å². The van der Waals surface area contributed by atoms with Gasteiger partial charge in [0, 0.05) is 31.4 Å². The lowest BCUT2D eigenvalue weighted by Crippen LogP contribution is -2.55. The lowest BCUT2D eigenvalue weighted by atomic mass is 9.56. The molecule has 3 heterocycles. The zero-order chi connectivity index (χ0) is 33.9. The molecule has 10 heteroatoms. The molecule has 258 valence electrons. The third-order valence-electron chi connectivity index (χ3n) is 12.2. The second-order valence-electron chi connectivity index (χ2n) is 15.2. The summed E-state index contributed by atoms with van der Waals surface area (Å²) in [7, 11) is 1.34. The van der Waals surface area contributed by atoms with E-state index in [2.05, 4.69) is 39.1 Å². The number of nitrogens with one attached hydrogen (secondary N) is 1. The van der Waals surface area contributed by atoms with Gasteiger partial charge in [-0.25, -0.2) is 0 Å². The van der Waals surface area contributed by atoms with Crippen LogP contribution in [-0.4, -0.2) is 63.4 Å². The van der Waals surface area contributed by atoms with Gasteiger partial charge < -0.3 is 40.0 Å². The number of aliphatic hydroxyl groups is 2. The molecular weight excluding hydrogens is 602 g/mol. The van der Waals surface area contributed by atoms with Gasteiger partial charge in [0.05, 0.1) is 18.3 Å². The number of carbonyl (C=O) groups is 2. The number of rotatable bonds is 5. The molecule has 0 bridgehead atoms. The highest BCUT2D eigenvalue weighted by atomic mass is 16.7. The Hall–Kier alpha value is -2.92. The first kappa shape index (κ1) is 34.0. The van der Waals surface area contributed by atoms with E-state index >= 15 is 0 Å². The van der Waals surface area contributed by atoms with E-state index in [-0.39, 0.29) is 76.5 Å². The largest absolute Gasteiger partial charge is 0.511 e. The van der Waals surface area contributed by atoms with Crippen molar-refractivity contribution in [3.63, 3.8) is 0 Å². The first-order chi connectivity index (χ1) is 22.2. The average molecular weight is 654 g/mol. The zero-order valence-corrected chi connectivity index (χ0v) is 28.3. The Morgan fingerprint density at radius 1 is 1.02 bits per heavy atom. The Bertz CT molecular complexity index is 1430. The number of amides is 1. The Kier molecular flexibility index (Phi) is 9.28. The molecule has 1 aromatic carbocycles. The van der Waals surface area contributed by atoms with E-state index in [0.717, 1.165) is 24.8 Å². The van der Waals surface area contributed by atoms with Gasteiger partial charge in [0.1, 0.15) is 22.8 Å². The first-order valence-electron chi connectivity index (χ1n) is 17.3. The highest BCUT2D eigenvalue weighted by molar-refractivity contribution is 6.26. The number of hydrogen-bond donors (Lipinski definition) is 5. The van der Waals surface area contributed by atoms with Gasteiger partial charge >= 0.3 is 0 Å². The molecule has 5 N–H and O–H groups in total. The molecule has 0 radical (unpaired) electrons. The monoisotopic (exact) mass is 653 g/mol. The van der Waals surface area contributed by atoms with E-state index in [0.29, 0.717) is 24.8 Å². The van der Waals surface area contributed by atoms with E-state index in [1.54, 1.807) is 12.1 Å². The number of allylic oxidation sites excluding steroid dienone is 3. The van der Waals surface area contributed by atoms with Crippen molar-refractivity contribution in [1.29, 1.82) is 0 Å². The minimum absolute atomic E-state index is 0.0225. The number of ketones is 1. The second kappa shape index (κ2) is 12.8. The maximum Gasteiger partial charge on any atom is 0.260 e. The van der Waals surface area contributed by atoms with Crippen LogP contribution in [0.1, 0.15) is 84.8 Å². The van der Waals surface area contributed by atoms with Gasteiger partial charge in [0.25, 0.3) is 5.91 Å². The fourth-order valence-electron chi connectivity index (χ4n) is 9.55. The van der Waals surface area contributed by atoms with Crippen LogP contribution in [0.4, 0.5) is 0 Å². The zero-order valence-electron chi connectivity index (χ0n) is 28.3. The number of phenolic OH excluding ortho intramolecular Hbond substituents is 2. The Labute approximate surface area is 277 Å². The minimum atomic E-state index is -1.14. The molecule has 4 fully saturated rings. The lowest BCUT2D eigenvalue weighted by molar-refractivity contribution is -0.356. The number of phenols is 2. The molecular formula is C37H51NO9. The fraction of sp³-hybridized carbons (Fsp3) is 0.676. The van der Waals surface area contributed by atoms with Crippen molar-refractivity contribution in [1.82, 2.24) is 5.32 Å². The van der Waals surface area contributed by atoms with Crippen LogP contribution in [0.2, 0.25) is 0 Å². The van der Waals surface area contributed by atoms with Crippen LogP contribution in [0.25, 0.3) is 0 Å². The molecule has 1 amide bonds. The van der Waals surface area contributed by atoms with Crippen molar-refractivity contribution < 1.29 is 44.2 Å². The molecule has 0 aromatic heterocycles. The lowest BCUT2D eigenvalue weighted by Gasteiger charge is -2.54. The maximum atomic E-state index is 13.3. The van der Waals surface area contributed by atoms with Crippen molar-refractivity contribution in [3.05, 3.63) is 46.7 Å². The van der Waals surface area contributed by atoms with E-state index in [1.807, 2.05) is 6.92 Å². The highest BCUT2D eigenvalue weighted by Gasteiger charge is 2.54. The van der Waals surface area contributed by atoms with E-state index < -0.39 is 35.7 Å². The van der Waals surface area contributed by atoms with Crippen LogP contribution in [0.15, 0.2) is 41.2 Å². The number of Topliss-reactive ketones (excluding diaryl/α,β-unsaturated/α-hetero) is 1. The summed E-state index contributed by atoms with van der Waals surface area (Å²) >= 11 is 0. The summed E-state index contributed by atoms with van der Waals surface area (Å²) in [6.45, 7) is 10.5. The number of aliphatic hydroxyl groups excluding tert-OH is 2. The van der Waals surface area contributed by atoms with Crippen molar-refractivity contribution >= 4 is 11.7 Å². The number of methoxy groups -OCH3 is 1. The molecule has 10 nitrogen and oxygen atoms in total.